The zero-order chi connectivity index (χ0) is 15.6. The Labute approximate surface area is 128 Å². The van der Waals surface area contributed by atoms with E-state index in [1.54, 1.807) is 13.0 Å². The van der Waals surface area contributed by atoms with Gasteiger partial charge in [0, 0.05) is 34.8 Å². The molecule has 2 aromatic rings. The highest BCUT2D eigenvalue weighted by atomic mass is 35.5. The molecule has 2 aromatic carbocycles. The van der Waals surface area contributed by atoms with E-state index in [4.69, 9.17) is 11.6 Å². The van der Waals surface area contributed by atoms with Gasteiger partial charge < -0.3 is 5.32 Å². The summed E-state index contributed by atoms with van der Waals surface area (Å²) in [6.07, 6.45) is 0. The van der Waals surface area contributed by atoms with Gasteiger partial charge in [-0.25, -0.2) is 8.78 Å². The summed E-state index contributed by atoms with van der Waals surface area (Å²) in [5, 5.41) is 3.75. The van der Waals surface area contributed by atoms with Crippen molar-refractivity contribution in [3.63, 3.8) is 0 Å². The van der Waals surface area contributed by atoms with Crippen LogP contribution in [0.5, 0.6) is 0 Å². The Kier molecular flexibility index (Phi) is 4.96. The van der Waals surface area contributed by atoms with E-state index < -0.39 is 11.6 Å². The van der Waals surface area contributed by atoms with Crippen molar-refractivity contribution in [1.82, 2.24) is 5.32 Å². The first-order valence-corrected chi connectivity index (χ1v) is 7.24. The molecular formula is C17H18ClF2N. The molecule has 0 fully saturated rings. The van der Waals surface area contributed by atoms with Crippen LogP contribution < -0.4 is 5.32 Å². The molecule has 0 atom stereocenters. The van der Waals surface area contributed by atoms with E-state index in [9.17, 15) is 8.78 Å². The zero-order valence-corrected chi connectivity index (χ0v) is 13.1. The van der Waals surface area contributed by atoms with Gasteiger partial charge in [-0.15, -0.1) is 0 Å². The van der Waals surface area contributed by atoms with Crippen molar-refractivity contribution in [2.45, 2.75) is 33.4 Å². The molecule has 1 nitrogen and oxygen atoms in total. The van der Waals surface area contributed by atoms with Gasteiger partial charge in [-0.05, 0) is 30.2 Å². The molecule has 0 heterocycles. The molecule has 4 heteroatoms. The summed E-state index contributed by atoms with van der Waals surface area (Å²) < 4.78 is 27.3. The van der Waals surface area contributed by atoms with Crippen LogP contribution in [-0.4, -0.2) is 6.04 Å². The second kappa shape index (κ2) is 6.54. The number of hydrogen-bond donors (Lipinski definition) is 1. The summed E-state index contributed by atoms with van der Waals surface area (Å²) in [4.78, 5) is 0. The third kappa shape index (κ3) is 3.80. The standard InChI is InChI=1S/C17H18ClF2N/c1-10(2)21-9-12-4-5-13(15(18)7-12)14-6-11(3)16(19)8-17(14)20/h4-8,10,21H,9H2,1-3H3. The van der Waals surface area contributed by atoms with Gasteiger partial charge in [0.25, 0.3) is 0 Å². The topological polar surface area (TPSA) is 12.0 Å². The highest BCUT2D eigenvalue weighted by molar-refractivity contribution is 6.33. The van der Waals surface area contributed by atoms with Crippen LogP contribution in [0.2, 0.25) is 5.02 Å². The maximum absolute atomic E-state index is 13.9. The van der Waals surface area contributed by atoms with Gasteiger partial charge in [-0.1, -0.05) is 37.6 Å². The van der Waals surface area contributed by atoms with Crippen LogP contribution in [-0.2, 0) is 6.54 Å². The molecule has 0 aliphatic heterocycles. The predicted octanol–water partition coefficient (Wildman–Crippen LogP) is 5.09. The molecule has 112 valence electrons. The van der Waals surface area contributed by atoms with Crippen molar-refractivity contribution in [2.24, 2.45) is 0 Å². The van der Waals surface area contributed by atoms with Gasteiger partial charge in [-0.3, -0.25) is 0 Å². The Morgan fingerprint density at radius 3 is 2.38 bits per heavy atom. The fourth-order valence-electron chi connectivity index (χ4n) is 2.07. The van der Waals surface area contributed by atoms with E-state index in [2.05, 4.69) is 19.2 Å². The van der Waals surface area contributed by atoms with E-state index >= 15 is 0 Å². The number of benzene rings is 2. The van der Waals surface area contributed by atoms with Crippen molar-refractivity contribution in [1.29, 1.82) is 0 Å². The first-order chi connectivity index (χ1) is 9.88. The first kappa shape index (κ1) is 15.9. The monoisotopic (exact) mass is 309 g/mol. The largest absolute Gasteiger partial charge is 0.310 e. The SMILES string of the molecule is Cc1cc(-c2ccc(CNC(C)C)cc2Cl)c(F)cc1F. The van der Waals surface area contributed by atoms with E-state index in [1.807, 2.05) is 12.1 Å². The smallest absolute Gasteiger partial charge is 0.134 e. The Hall–Kier alpha value is -1.45. The minimum Gasteiger partial charge on any atom is -0.310 e. The number of aryl methyl sites for hydroxylation is 1. The van der Waals surface area contributed by atoms with Crippen LogP contribution in [0, 0.1) is 18.6 Å². The van der Waals surface area contributed by atoms with Crippen LogP contribution in [0.25, 0.3) is 11.1 Å². The molecule has 0 saturated carbocycles. The molecule has 0 saturated heterocycles. The van der Waals surface area contributed by atoms with Crippen LogP contribution in [0.1, 0.15) is 25.0 Å². The van der Waals surface area contributed by atoms with Crippen molar-refractivity contribution in [3.05, 3.63) is 58.1 Å². The lowest BCUT2D eigenvalue weighted by molar-refractivity contribution is 0.579. The molecule has 21 heavy (non-hydrogen) atoms. The van der Waals surface area contributed by atoms with Crippen LogP contribution in [0.4, 0.5) is 8.78 Å². The van der Waals surface area contributed by atoms with Gasteiger partial charge in [0.2, 0.25) is 0 Å². The number of nitrogens with one attached hydrogen (secondary N) is 1. The highest BCUT2D eigenvalue weighted by Crippen LogP contribution is 2.32. The molecule has 0 spiro atoms. The minimum atomic E-state index is -0.604. The van der Waals surface area contributed by atoms with Gasteiger partial charge in [0.05, 0.1) is 0 Å². The molecular weight excluding hydrogens is 292 g/mol. The molecule has 0 radical (unpaired) electrons. The highest BCUT2D eigenvalue weighted by Gasteiger charge is 2.12. The molecule has 2 rings (SSSR count). The second-order valence-electron chi connectivity index (χ2n) is 5.43. The summed E-state index contributed by atoms with van der Waals surface area (Å²) in [5.41, 5.74) is 2.32. The van der Waals surface area contributed by atoms with E-state index in [-0.39, 0.29) is 0 Å². The van der Waals surface area contributed by atoms with Crippen molar-refractivity contribution in [3.8, 4) is 11.1 Å². The Morgan fingerprint density at radius 1 is 1.05 bits per heavy atom. The van der Waals surface area contributed by atoms with Gasteiger partial charge in [0.15, 0.2) is 0 Å². The third-order valence-electron chi connectivity index (χ3n) is 3.29. The lowest BCUT2D eigenvalue weighted by atomic mass is 10.0. The van der Waals surface area contributed by atoms with Crippen LogP contribution >= 0.6 is 11.6 Å². The van der Waals surface area contributed by atoms with Crippen molar-refractivity contribution >= 4 is 11.6 Å². The molecule has 0 aromatic heterocycles. The Morgan fingerprint density at radius 2 is 1.76 bits per heavy atom. The van der Waals surface area contributed by atoms with Crippen LogP contribution in [0.3, 0.4) is 0 Å². The van der Waals surface area contributed by atoms with Gasteiger partial charge >= 0.3 is 0 Å². The normalized spacial score (nSPS) is 11.2. The third-order valence-corrected chi connectivity index (χ3v) is 3.60. The second-order valence-corrected chi connectivity index (χ2v) is 5.84. The number of halogens is 3. The molecule has 0 amide bonds. The average molecular weight is 310 g/mol. The first-order valence-electron chi connectivity index (χ1n) is 6.86. The summed E-state index contributed by atoms with van der Waals surface area (Å²) in [6, 6.07) is 8.24. The van der Waals surface area contributed by atoms with Gasteiger partial charge in [-0.2, -0.15) is 0 Å². The fraction of sp³-hybridized carbons (Fsp3) is 0.294. The number of rotatable bonds is 4. The lowest BCUT2D eigenvalue weighted by Gasteiger charge is -2.12. The zero-order valence-electron chi connectivity index (χ0n) is 12.3. The summed E-state index contributed by atoms with van der Waals surface area (Å²) in [7, 11) is 0. The van der Waals surface area contributed by atoms with E-state index in [0.29, 0.717) is 34.3 Å². The maximum atomic E-state index is 13.9. The van der Waals surface area contributed by atoms with Gasteiger partial charge in [0.1, 0.15) is 11.6 Å². The van der Waals surface area contributed by atoms with E-state index in [1.165, 1.54) is 6.07 Å². The lowest BCUT2D eigenvalue weighted by Crippen LogP contribution is -2.21. The minimum absolute atomic E-state index is 0.322. The molecule has 0 aliphatic carbocycles. The fourth-order valence-corrected chi connectivity index (χ4v) is 2.38. The van der Waals surface area contributed by atoms with Crippen LogP contribution in [0.15, 0.2) is 30.3 Å². The maximum Gasteiger partial charge on any atom is 0.134 e. The molecule has 1 N–H and O–H groups in total. The summed E-state index contributed by atoms with van der Waals surface area (Å²) >= 11 is 6.26. The summed E-state index contributed by atoms with van der Waals surface area (Å²) in [6.45, 7) is 6.43. The summed E-state index contributed by atoms with van der Waals surface area (Å²) in [5.74, 6) is -1.15. The number of hydrogen-bond acceptors (Lipinski definition) is 1. The molecule has 0 aliphatic rings. The average Bonchev–Trinajstić information content (AvgIpc) is 2.41. The van der Waals surface area contributed by atoms with Crippen molar-refractivity contribution in [2.75, 3.05) is 0 Å². The van der Waals surface area contributed by atoms with Crippen molar-refractivity contribution < 1.29 is 8.78 Å². The van der Waals surface area contributed by atoms with E-state index in [0.717, 1.165) is 11.6 Å². The quantitative estimate of drug-likeness (QED) is 0.829. The molecule has 0 bridgehead atoms. The predicted molar refractivity (Wildman–Crippen MR) is 83.5 cm³/mol. The Balaban J connectivity index is 2.35. The molecule has 0 unspecified atom stereocenters. The Bertz CT molecular complexity index is 653.